The van der Waals surface area contributed by atoms with E-state index in [-0.39, 0.29) is 6.04 Å². The highest BCUT2D eigenvalue weighted by atomic mass is 16.3. The van der Waals surface area contributed by atoms with Crippen LogP contribution in [0.5, 0.6) is 0 Å². The summed E-state index contributed by atoms with van der Waals surface area (Å²) in [4.78, 5) is 4.41. The number of anilines is 1. The van der Waals surface area contributed by atoms with Gasteiger partial charge in [0.1, 0.15) is 5.76 Å². The third-order valence-electron chi connectivity index (χ3n) is 2.79. The number of furan rings is 1. The fourth-order valence-electron chi connectivity index (χ4n) is 1.81. The van der Waals surface area contributed by atoms with Gasteiger partial charge >= 0.3 is 0 Å². The van der Waals surface area contributed by atoms with Crippen LogP contribution in [0.2, 0.25) is 0 Å². The second-order valence-corrected chi connectivity index (χ2v) is 4.47. The second-order valence-electron chi connectivity index (χ2n) is 4.47. The summed E-state index contributed by atoms with van der Waals surface area (Å²) in [5, 5.41) is 3.07. The predicted molar refractivity (Wildman–Crippen MR) is 78.2 cm³/mol. The van der Waals surface area contributed by atoms with Gasteiger partial charge in [-0.3, -0.25) is 4.99 Å². The van der Waals surface area contributed by atoms with Crippen molar-refractivity contribution in [3.63, 3.8) is 0 Å². The fraction of sp³-hybridized carbons (Fsp3) is 0.267. The maximum absolute atomic E-state index is 5.87. The second kappa shape index (κ2) is 6.64. The molecule has 2 rings (SSSR count). The molecule has 1 unspecified atom stereocenters. The van der Waals surface area contributed by atoms with Crippen LogP contribution in [0.3, 0.4) is 0 Å². The standard InChI is InChI=1S/C15H19N3O/c1-12(9-10-14-8-5-11-19-14)17-15(16)18-13-6-3-2-4-7-13/h2-8,11-12H,9-10H2,1H3,(H3,16,17,18). The lowest BCUT2D eigenvalue weighted by atomic mass is 10.1. The summed E-state index contributed by atoms with van der Waals surface area (Å²) in [6.07, 6.45) is 3.47. The van der Waals surface area contributed by atoms with Crippen LogP contribution < -0.4 is 11.1 Å². The topological polar surface area (TPSA) is 63.5 Å². The van der Waals surface area contributed by atoms with Crippen molar-refractivity contribution < 1.29 is 4.42 Å². The highest BCUT2D eigenvalue weighted by Crippen LogP contribution is 2.08. The summed E-state index contributed by atoms with van der Waals surface area (Å²) >= 11 is 0. The zero-order chi connectivity index (χ0) is 13.5. The van der Waals surface area contributed by atoms with Crippen molar-refractivity contribution in [1.29, 1.82) is 0 Å². The summed E-state index contributed by atoms with van der Waals surface area (Å²) in [5.74, 6) is 1.43. The first-order valence-electron chi connectivity index (χ1n) is 6.42. The number of rotatable bonds is 5. The number of guanidine groups is 1. The first-order valence-corrected chi connectivity index (χ1v) is 6.42. The Hall–Kier alpha value is -2.23. The highest BCUT2D eigenvalue weighted by molar-refractivity contribution is 5.92. The molecule has 1 aromatic heterocycles. The molecule has 0 aliphatic heterocycles. The molecule has 3 N–H and O–H groups in total. The summed E-state index contributed by atoms with van der Waals surface area (Å²) in [7, 11) is 0. The zero-order valence-corrected chi connectivity index (χ0v) is 11.0. The number of nitrogens with one attached hydrogen (secondary N) is 1. The van der Waals surface area contributed by atoms with E-state index in [2.05, 4.69) is 10.3 Å². The molecular weight excluding hydrogens is 238 g/mol. The molecule has 19 heavy (non-hydrogen) atoms. The Balaban J connectivity index is 1.82. The van der Waals surface area contributed by atoms with Crippen LogP contribution >= 0.6 is 0 Å². The molecule has 1 atom stereocenters. The Morgan fingerprint density at radius 2 is 2.05 bits per heavy atom. The van der Waals surface area contributed by atoms with Gasteiger partial charge in [0.25, 0.3) is 0 Å². The van der Waals surface area contributed by atoms with Gasteiger partial charge in [0.2, 0.25) is 0 Å². The number of nitrogens with zero attached hydrogens (tertiary/aromatic N) is 1. The summed E-state index contributed by atoms with van der Waals surface area (Å²) < 4.78 is 5.29. The predicted octanol–water partition coefficient (Wildman–Crippen LogP) is 3.03. The average molecular weight is 257 g/mol. The van der Waals surface area contributed by atoms with Crippen molar-refractivity contribution in [3.05, 3.63) is 54.5 Å². The molecule has 4 heteroatoms. The van der Waals surface area contributed by atoms with E-state index < -0.39 is 0 Å². The van der Waals surface area contributed by atoms with Gasteiger partial charge < -0.3 is 15.5 Å². The van der Waals surface area contributed by atoms with Crippen LogP contribution in [0.25, 0.3) is 0 Å². The minimum absolute atomic E-state index is 0.154. The molecule has 0 radical (unpaired) electrons. The molecule has 1 heterocycles. The number of nitrogens with two attached hydrogens (primary N) is 1. The van der Waals surface area contributed by atoms with Gasteiger partial charge in [-0.05, 0) is 37.6 Å². The molecule has 0 spiro atoms. The van der Waals surface area contributed by atoms with Crippen molar-refractivity contribution in [1.82, 2.24) is 0 Å². The smallest absolute Gasteiger partial charge is 0.193 e. The van der Waals surface area contributed by atoms with Gasteiger partial charge in [0, 0.05) is 12.1 Å². The Bertz CT molecular complexity index is 505. The van der Waals surface area contributed by atoms with E-state index in [1.54, 1.807) is 6.26 Å². The first kappa shape index (κ1) is 13.2. The van der Waals surface area contributed by atoms with Gasteiger partial charge in [-0.2, -0.15) is 0 Å². The third kappa shape index (κ3) is 4.50. The van der Waals surface area contributed by atoms with Gasteiger partial charge in [-0.25, -0.2) is 0 Å². The molecule has 1 aromatic carbocycles. The van der Waals surface area contributed by atoms with Crippen molar-refractivity contribution in [2.24, 2.45) is 10.7 Å². The lowest BCUT2D eigenvalue weighted by Crippen LogP contribution is -2.24. The maximum Gasteiger partial charge on any atom is 0.193 e. The SMILES string of the molecule is CC(CCc1ccco1)N=C(N)Nc1ccccc1. The van der Waals surface area contributed by atoms with Crippen molar-refractivity contribution >= 4 is 11.6 Å². The van der Waals surface area contributed by atoms with E-state index in [1.807, 2.05) is 49.4 Å². The minimum atomic E-state index is 0.154. The largest absolute Gasteiger partial charge is 0.469 e. The van der Waals surface area contributed by atoms with Crippen molar-refractivity contribution in [2.75, 3.05) is 5.32 Å². The minimum Gasteiger partial charge on any atom is -0.469 e. The van der Waals surface area contributed by atoms with Crippen LogP contribution in [0, 0.1) is 0 Å². The van der Waals surface area contributed by atoms with E-state index in [1.165, 1.54) is 0 Å². The molecule has 2 aromatic rings. The highest BCUT2D eigenvalue weighted by Gasteiger charge is 2.03. The molecule has 0 aliphatic carbocycles. The van der Waals surface area contributed by atoms with E-state index >= 15 is 0 Å². The van der Waals surface area contributed by atoms with Gasteiger partial charge in [0.05, 0.1) is 12.3 Å². The molecule has 4 nitrogen and oxygen atoms in total. The molecule has 0 fully saturated rings. The third-order valence-corrected chi connectivity index (χ3v) is 2.79. The van der Waals surface area contributed by atoms with Crippen LogP contribution in [-0.4, -0.2) is 12.0 Å². The van der Waals surface area contributed by atoms with E-state index in [0.29, 0.717) is 5.96 Å². The average Bonchev–Trinajstić information content (AvgIpc) is 2.90. The van der Waals surface area contributed by atoms with Gasteiger partial charge in [-0.15, -0.1) is 0 Å². The molecule has 0 saturated heterocycles. The molecule has 0 bridgehead atoms. The van der Waals surface area contributed by atoms with Crippen molar-refractivity contribution in [2.45, 2.75) is 25.8 Å². The monoisotopic (exact) mass is 257 g/mol. The Kier molecular flexibility index (Phi) is 4.61. The molecule has 0 amide bonds. The summed E-state index contributed by atoms with van der Waals surface area (Å²) in [6.45, 7) is 2.04. The molecule has 100 valence electrons. The van der Waals surface area contributed by atoms with E-state index in [0.717, 1.165) is 24.3 Å². The van der Waals surface area contributed by atoms with Crippen molar-refractivity contribution in [3.8, 4) is 0 Å². The molecule has 0 saturated carbocycles. The lowest BCUT2D eigenvalue weighted by Gasteiger charge is -2.09. The first-order chi connectivity index (χ1) is 9.24. The Morgan fingerprint density at radius 1 is 1.26 bits per heavy atom. The quantitative estimate of drug-likeness (QED) is 0.639. The number of aliphatic imine (C=N–C) groups is 1. The molecule has 0 aliphatic rings. The normalized spacial score (nSPS) is 13.2. The number of benzene rings is 1. The summed E-state index contributed by atoms with van der Waals surface area (Å²) in [5.41, 5.74) is 6.82. The lowest BCUT2D eigenvalue weighted by molar-refractivity contribution is 0.491. The van der Waals surface area contributed by atoms with Crippen LogP contribution in [-0.2, 0) is 6.42 Å². The van der Waals surface area contributed by atoms with Gasteiger partial charge in [-0.1, -0.05) is 18.2 Å². The van der Waals surface area contributed by atoms with Gasteiger partial charge in [0.15, 0.2) is 5.96 Å². The van der Waals surface area contributed by atoms with Crippen LogP contribution in [0.15, 0.2) is 58.1 Å². The Labute approximate surface area is 113 Å². The number of hydrogen-bond acceptors (Lipinski definition) is 2. The zero-order valence-electron chi connectivity index (χ0n) is 11.0. The van der Waals surface area contributed by atoms with Crippen LogP contribution in [0.4, 0.5) is 5.69 Å². The molecular formula is C15H19N3O. The maximum atomic E-state index is 5.87. The van der Waals surface area contributed by atoms with Crippen LogP contribution in [0.1, 0.15) is 19.1 Å². The van der Waals surface area contributed by atoms with E-state index in [9.17, 15) is 0 Å². The fourth-order valence-corrected chi connectivity index (χ4v) is 1.81. The Morgan fingerprint density at radius 3 is 2.74 bits per heavy atom. The van der Waals surface area contributed by atoms with E-state index in [4.69, 9.17) is 10.2 Å². The number of hydrogen-bond donors (Lipinski definition) is 2. The number of aryl methyl sites for hydroxylation is 1. The number of para-hydroxylation sites is 1. The summed E-state index contributed by atoms with van der Waals surface area (Å²) in [6, 6.07) is 13.8.